The highest BCUT2D eigenvalue weighted by Crippen LogP contribution is 2.03. The average molecular weight is 236 g/mol. The third kappa shape index (κ3) is 5.55. The summed E-state index contributed by atoms with van der Waals surface area (Å²) >= 11 is 0. The van der Waals surface area contributed by atoms with Gasteiger partial charge in [0.2, 0.25) is 5.91 Å². The van der Waals surface area contributed by atoms with Crippen LogP contribution in [0, 0.1) is 0 Å². The van der Waals surface area contributed by atoms with E-state index in [1.807, 2.05) is 30.3 Å². The van der Waals surface area contributed by atoms with Crippen LogP contribution in [0.2, 0.25) is 0 Å². The number of aryl methyl sites for hydroxylation is 1. The maximum absolute atomic E-state index is 11.3. The second-order valence-corrected chi connectivity index (χ2v) is 3.50. The van der Waals surface area contributed by atoms with E-state index < -0.39 is 6.09 Å². The summed E-state index contributed by atoms with van der Waals surface area (Å²) in [5.74, 6) is -0.230. The lowest BCUT2D eigenvalue weighted by Crippen LogP contribution is -2.41. The third-order valence-electron chi connectivity index (χ3n) is 2.20. The van der Waals surface area contributed by atoms with Gasteiger partial charge in [0.15, 0.2) is 0 Å². The van der Waals surface area contributed by atoms with E-state index in [1.165, 1.54) is 12.7 Å². The SMILES string of the molecule is COC(=O)NNC(=O)CCCc1ccccc1. The zero-order valence-corrected chi connectivity index (χ0v) is 9.73. The molecule has 5 nitrogen and oxygen atoms in total. The quantitative estimate of drug-likeness (QED) is 0.776. The molecule has 1 aromatic carbocycles. The minimum Gasteiger partial charge on any atom is -0.452 e. The number of benzene rings is 1. The molecule has 0 aromatic heterocycles. The molecule has 0 fully saturated rings. The Morgan fingerprint density at radius 2 is 1.88 bits per heavy atom. The number of methoxy groups -OCH3 is 1. The van der Waals surface area contributed by atoms with Crippen LogP contribution in [0.15, 0.2) is 30.3 Å². The lowest BCUT2D eigenvalue weighted by molar-refractivity contribution is -0.122. The van der Waals surface area contributed by atoms with E-state index in [0.29, 0.717) is 6.42 Å². The van der Waals surface area contributed by atoms with Crippen LogP contribution >= 0.6 is 0 Å². The number of hydrogen-bond acceptors (Lipinski definition) is 3. The first-order valence-corrected chi connectivity index (χ1v) is 5.39. The van der Waals surface area contributed by atoms with Crippen molar-refractivity contribution in [1.29, 1.82) is 0 Å². The molecule has 0 saturated heterocycles. The number of rotatable bonds is 4. The van der Waals surface area contributed by atoms with Crippen molar-refractivity contribution in [2.45, 2.75) is 19.3 Å². The van der Waals surface area contributed by atoms with Gasteiger partial charge in [0.1, 0.15) is 0 Å². The lowest BCUT2D eigenvalue weighted by Gasteiger charge is -2.05. The zero-order valence-electron chi connectivity index (χ0n) is 9.73. The van der Waals surface area contributed by atoms with E-state index >= 15 is 0 Å². The van der Waals surface area contributed by atoms with Gasteiger partial charge >= 0.3 is 6.09 Å². The first kappa shape index (κ1) is 13.0. The Morgan fingerprint density at radius 3 is 2.53 bits per heavy atom. The molecule has 2 amide bonds. The highest BCUT2D eigenvalue weighted by molar-refractivity contribution is 5.78. The summed E-state index contributed by atoms with van der Waals surface area (Å²) in [7, 11) is 1.23. The van der Waals surface area contributed by atoms with E-state index in [1.54, 1.807) is 0 Å². The zero-order chi connectivity index (χ0) is 12.5. The van der Waals surface area contributed by atoms with Crippen molar-refractivity contribution >= 4 is 12.0 Å². The van der Waals surface area contributed by atoms with E-state index in [-0.39, 0.29) is 5.91 Å². The first-order valence-electron chi connectivity index (χ1n) is 5.39. The van der Waals surface area contributed by atoms with Crippen LogP contribution in [0.5, 0.6) is 0 Å². The smallest absolute Gasteiger partial charge is 0.425 e. The van der Waals surface area contributed by atoms with Crippen LogP contribution in [0.3, 0.4) is 0 Å². The molecule has 0 radical (unpaired) electrons. The van der Waals surface area contributed by atoms with Crippen LogP contribution in [-0.2, 0) is 16.0 Å². The fourth-order valence-corrected chi connectivity index (χ4v) is 1.33. The van der Waals surface area contributed by atoms with Crippen molar-refractivity contribution in [2.24, 2.45) is 0 Å². The van der Waals surface area contributed by atoms with Gasteiger partial charge in [-0.2, -0.15) is 0 Å². The molecule has 17 heavy (non-hydrogen) atoms. The molecule has 92 valence electrons. The molecule has 1 rings (SSSR count). The van der Waals surface area contributed by atoms with Crippen molar-refractivity contribution in [2.75, 3.05) is 7.11 Å². The Balaban J connectivity index is 2.14. The molecule has 5 heteroatoms. The van der Waals surface area contributed by atoms with Gasteiger partial charge in [0.05, 0.1) is 7.11 Å². The number of nitrogens with one attached hydrogen (secondary N) is 2. The highest BCUT2D eigenvalue weighted by Gasteiger charge is 2.03. The molecule has 0 aliphatic heterocycles. The molecule has 1 aromatic rings. The summed E-state index contributed by atoms with van der Waals surface area (Å²) in [6.07, 6.45) is 1.26. The number of hydrazine groups is 1. The fourth-order valence-electron chi connectivity index (χ4n) is 1.33. The lowest BCUT2D eigenvalue weighted by atomic mass is 10.1. The Kier molecular flexibility index (Phi) is 5.57. The molecule has 2 N–H and O–H groups in total. The standard InChI is InChI=1S/C12H16N2O3/c1-17-12(16)14-13-11(15)9-5-8-10-6-3-2-4-7-10/h2-4,6-7H,5,8-9H2,1H3,(H,13,15)(H,14,16). The summed E-state index contributed by atoms with van der Waals surface area (Å²) in [6, 6.07) is 9.92. The van der Waals surface area contributed by atoms with Gasteiger partial charge < -0.3 is 4.74 Å². The summed E-state index contributed by atoms with van der Waals surface area (Å²) in [5, 5.41) is 0. The average Bonchev–Trinajstić information content (AvgIpc) is 2.37. The second-order valence-electron chi connectivity index (χ2n) is 3.50. The minimum atomic E-state index is -0.679. The first-order chi connectivity index (χ1) is 8.22. The maximum atomic E-state index is 11.3. The second kappa shape index (κ2) is 7.27. The van der Waals surface area contributed by atoms with Crippen LogP contribution in [0.4, 0.5) is 4.79 Å². The normalized spacial score (nSPS) is 9.47. The molecule has 0 aliphatic carbocycles. The van der Waals surface area contributed by atoms with Gasteiger partial charge in [-0.25, -0.2) is 10.2 Å². The van der Waals surface area contributed by atoms with Crippen LogP contribution in [0.25, 0.3) is 0 Å². The summed E-state index contributed by atoms with van der Waals surface area (Å²) in [6.45, 7) is 0. The van der Waals surface area contributed by atoms with Crippen molar-refractivity contribution in [3.63, 3.8) is 0 Å². The molecule has 0 heterocycles. The summed E-state index contributed by atoms with van der Waals surface area (Å²) in [5.41, 5.74) is 5.57. The monoisotopic (exact) mass is 236 g/mol. The van der Waals surface area contributed by atoms with Gasteiger partial charge in [-0.05, 0) is 18.4 Å². The van der Waals surface area contributed by atoms with Gasteiger partial charge in [-0.1, -0.05) is 30.3 Å². The van der Waals surface area contributed by atoms with Crippen molar-refractivity contribution in [1.82, 2.24) is 10.9 Å². The molecule has 0 spiro atoms. The molecule has 0 atom stereocenters. The fraction of sp³-hybridized carbons (Fsp3) is 0.333. The number of amides is 2. The molecule has 0 saturated carbocycles. The summed E-state index contributed by atoms with van der Waals surface area (Å²) < 4.78 is 4.31. The topological polar surface area (TPSA) is 67.4 Å². The molecular formula is C12H16N2O3. The van der Waals surface area contributed by atoms with Gasteiger partial charge in [-0.3, -0.25) is 10.2 Å². The Hall–Kier alpha value is -2.04. The van der Waals surface area contributed by atoms with E-state index in [2.05, 4.69) is 15.6 Å². The highest BCUT2D eigenvalue weighted by atomic mass is 16.5. The van der Waals surface area contributed by atoms with Gasteiger partial charge in [0.25, 0.3) is 0 Å². The van der Waals surface area contributed by atoms with E-state index in [9.17, 15) is 9.59 Å². The van der Waals surface area contributed by atoms with Gasteiger partial charge in [-0.15, -0.1) is 0 Å². The van der Waals surface area contributed by atoms with Crippen molar-refractivity contribution in [3.8, 4) is 0 Å². The van der Waals surface area contributed by atoms with Crippen LogP contribution < -0.4 is 10.9 Å². The summed E-state index contributed by atoms with van der Waals surface area (Å²) in [4.78, 5) is 21.9. The van der Waals surface area contributed by atoms with Crippen LogP contribution in [-0.4, -0.2) is 19.1 Å². The maximum Gasteiger partial charge on any atom is 0.425 e. The molecule has 0 unspecified atom stereocenters. The number of ether oxygens (including phenoxy) is 1. The Labute approximate surface area is 100 Å². The van der Waals surface area contributed by atoms with Crippen LogP contribution in [0.1, 0.15) is 18.4 Å². The van der Waals surface area contributed by atoms with Crippen molar-refractivity contribution in [3.05, 3.63) is 35.9 Å². The predicted molar refractivity (Wildman–Crippen MR) is 63.1 cm³/mol. The molecular weight excluding hydrogens is 220 g/mol. The number of carbonyl (C=O) groups is 2. The van der Waals surface area contributed by atoms with Gasteiger partial charge in [0, 0.05) is 6.42 Å². The Morgan fingerprint density at radius 1 is 1.18 bits per heavy atom. The number of hydrogen-bond donors (Lipinski definition) is 2. The third-order valence-corrected chi connectivity index (χ3v) is 2.20. The Bertz CT molecular complexity index is 365. The minimum absolute atomic E-state index is 0.230. The molecule has 0 aliphatic rings. The molecule has 0 bridgehead atoms. The largest absolute Gasteiger partial charge is 0.452 e. The predicted octanol–water partition coefficient (Wildman–Crippen LogP) is 1.40. The van der Waals surface area contributed by atoms with E-state index in [0.717, 1.165) is 12.8 Å². The van der Waals surface area contributed by atoms with E-state index in [4.69, 9.17) is 0 Å². The number of carbonyl (C=O) groups excluding carboxylic acids is 2. The van der Waals surface area contributed by atoms with Crippen molar-refractivity contribution < 1.29 is 14.3 Å².